The molecule has 0 aliphatic carbocycles. The maximum absolute atomic E-state index is 11.8. The Morgan fingerprint density at radius 1 is 1.18 bits per heavy atom. The van der Waals surface area contributed by atoms with E-state index in [1.807, 2.05) is 0 Å². The van der Waals surface area contributed by atoms with Gasteiger partial charge in [-0.2, -0.15) is 4.90 Å². The van der Waals surface area contributed by atoms with Crippen LogP contribution < -0.4 is 9.62 Å². The van der Waals surface area contributed by atoms with Gasteiger partial charge in [0, 0.05) is 5.56 Å². The maximum atomic E-state index is 11.8. The second kappa shape index (κ2) is 7.12. The van der Waals surface area contributed by atoms with Crippen molar-refractivity contribution in [2.45, 2.75) is 13.3 Å². The fraction of sp³-hybridized carbons (Fsp3) is 0.385. The predicted molar refractivity (Wildman–Crippen MR) is 81.6 cm³/mol. The SMILES string of the molecule is CCc1c(NS(C)(=O)=O)cccc1N(C(=O)OC)C(=O)OC. The van der Waals surface area contributed by atoms with Crippen LogP contribution in [0.25, 0.3) is 0 Å². The molecule has 0 spiro atoms. The Bertz CT molecular complexity index is 655. The molecule has 2 amide bonds. The number of carbonyl (C=O) groups is 2. The summed E-state index contributed by atoms with van der Waals surface area (Å²) in [7, 11) is -1.25. The number of carbonyl (C=O) groups excluding carboxylic acids is 2. The van der Waals surface area contributed by atoms with Gasteiger partial charge in [-0.15, -0.1) is 0 Å². The second-order valence-electron chi connectivity index (χ2n) is 4.31. The van der Waals surface area contributed by atoms with Gasteiger partial charge < -0.3 is 9.47 Å². The number of hydrogen-bond acceptors (Lipinski definition) is 6. The highest BCUT2D eigenvalue weighted by Gasteiger charge is 2.28. The molecule has 1 aromatic carbocycles. The van der Waals surface area contributed by atoms with Crippen molar-refractivity contribution in [3.63, 3.8) is 0 Å². The Morgan fingerprint density at radius 2 is 1.73 bits per heavy atom. The summed E-state index contributed by atoms with van der Waals surface area (Å²) in [4.78, 5) is 24.4. The van der Waals surface area contributed by atoms with Crippen LogP contribution in [0.5, 0.6) is 0 Å². The van der Waals surface area contributed by atoms with Crippen LogP contribution in [0.3, 0.4) is 0 Å². The average molecular weight is 330 g/mol. The van der Waals surface area contributed by atoms with Crippen molar-refractivity contribution in [2.24, 2.45) is 0 Å². The van der Waals surface area contributed by atoms with Crippen LogP contribution in [-0.2, 0) is 25.9 Å². The van der Waals surface area contributed by atoms with Crippen LogP contribution >= 0.6 is 0 Å². The van der Waals surface area contributed by atoms with Crippen molar-refractivity contribution in [1.82, 2.24) is 0 Å². The fourth-order valence-corrected chi connectivity index (χ4v) is 2.50. The molecule has 0 bridgehead atoms. The van der Waals surface area contributed by atoms with Crippen LogP contribution in [-0.4, -0.2) is 41.1 Å². The minimum Gasteiger partial charge on any atom is -0.452 e. The summed E-state index contributed by atoms with van der Waals surface area (Å²) in [6.45, 7) is 1.76. The zero-order valence-corrected chi connectivity index (χ0v) is 13.6. The Kier molecular flexibility index (Phi) is 5.75. The van der Waals surface area contributed by atoms with Crippen LogP contribution in [0.4, 0.5) is 21.0 Å². The van der Waals surface area contributed by atoms with E-state index in [4.69, 9.17) is 0 Å². The number of hydrogen-bond donors (Lipinski definition) is 1. The van der Waals surface area contributed by atoms with Gasteiger partial charge >= 0.3 is 12.2 Å². The Labute approximate surface area is 129 Å². The molecule has 122 valence electrons. The minimum absolute atomic E-state index is 0.190. The number of methoxy groups -OCH3 is 2. The lowest BCUT2D eigenvalue weighted by Crippen LogP contribution is -2.37. The van der Waals surface area contributed by atoms with Crippen LogP contribution in [0.15, 0.2) is 18.2 Å². The first-order valence-corrected chi connectivity index (χ1v) is 8.20. The van der Waals surface area contributed by atoms with Crippen molar-refractivity contribution in [2.75, 3.05) is 30.1 Å². The molecule has 0 heterocycles. The molecule has 0 aliphatic rings. The first-order chi connectivity index (χ1) is 10.2. The molecule has 9 heteroatoms. The number of nitrogens with one attached hydrogen (secondary N) is 1. The normalized spacial score (nSPS) is 10.7. The third kappa shape index (κ3) is 4.10. The number of ether oxygens (including phenoxy) is 2. The molecule has 0 atom stereocenters. The van der Waals surface area contributed by atoms with Crippen molar-refractivity contribution >= 4 is 33.6 Å². The molecule has 8 nitrogen and oxygen atoms in total. The summed E-state index contributed by atoms with van der Waals surface area (Å²) in [6.07, 6.45) is -0.480. The summed E-state index contributed by atoms with van der Waals surface area (Å²) in [5.74, 6) is 0. The molecule has 0 saturated heterocycles. The Hall–Kier alpha value is -2.29. The molecule has 0 aromatic heterocycles. The highest BCUT2D eigenvalue weighted by Crippen LogP contribution is 2.30. The number of amides is 2. The van der Waals surface area contributed by atoms with Gasteiger partial charge in [-0.1, -0.05) is 13.0 Å². The van der Waals surface area contributed by atoms with E-state index in [2.05, 4.69) is 14.2 Å². The Balaban J connectivity index is 3.47. The van der Waals surface area contributed by atoms with Crippen LogP contribution in [0.1, 0.15) is 12.5 Å². The van der Waals surface area contributed by atoms with Crippen LogP contribution in [0, 0.1) is 0 Å². The van der Waals surface area contributed by atoms with Gasteiger partial charge in [-0.05, 0) is 18.6 Å². The third-order valence-electron chi connectivity index (χ3n) is 2.76. The monoisotopic (exact) mass is 330 g/mol. The van der Waals surface area contributed by atoms with Gasteiger partial charge in [0.15, 0.2) is 0 Å². The van der Waals surface area contributed by atoms with Gasteiger partial charge in [-0.25, -0.2) is 18.0 Å². The lowest BCUT2D eigenvalue weighted by atomic mass is 10.1. The zero-order chi connectivity index (χ0) is 16.9. The number of benzene rings is 1. The molecular formula is C13H18N2O6S. The average Bonchev–Trinajstić information content (AvgIpc) is 2.45. The molecule has 1 rings (SSSR count). The Morgan fingerprint density at radius 3 is 2.14 bits per heavy atom. The lowest BCUT2D eigenvalue weighted by Gasteiger charge is -2.22. The first-order valence-electron chi connectivity index (χ1n) is 6.30. The topological polar surface area (TPSA) is 102 Å². The van der Waals surface area contributed by atoms with E-state index in [-0.39, 0.29) is 11.4 Å². The molecule has 0 radical (unpaired) electrons. The summed E-state index contributed by atoms with van der Waals surface area (Å²) in [5.41, 5.74) is 0.930. The largest absolute Gasteiger partial charge is 0.452 e. The van der Waals surface area contributed by atoms with Crippen molar-refractivity contribution < 1.29 is 27.5 Å². The third-order valence-corrected chi connectivity index (χ3v) is 3.35. The number of anilines is 2. The van der Waals surface area contributed by atoms with Gasteiger partial charge in [0.2, 0.25) is 10.0 Å². The molecule has 0 saturated carbocycles. The number of sulfonamides is 1. The molecular weight excluding hydrogens is 312 g/mol. The summed E-state index contributed by atoms with van der Waals surface area (Å²) in [6, 6.07) is 4.55. The van der Waals surface area contributed by atoms with Crippen molar-refractivity contribution in [3.05, 3.63) is 23.8 Å². The molecule has 0 fully saturated rings. The van der Waals surface area contributed by atoms with E-state index in [1.54, 1.807) is 6.92 Å². The number of rotatable bonds is 4. The highest BCUT2D eigenvalue weighted by molar-refractivity contribution is 7.92. The van der Waals surface area contributed by atoms with Crippen molar-refractivity contribution in [3.8, 4) is 0 Å². The number of imide groups is 1. The minimum atomic E-state index is -3.50. The molecule has 22 heavy (non-hydrogen) atoms. The van der Waals surface area contributed by atoms with Gasteiger partial charge in [-0.3, -0.25) is 4.72 Å². The van der Waals surface area contributed by atoms with E-state index in [0.29, 0.717) is 16.9 Å². The smallest absolute Gasteiger partial charge is 0.423 e. The van der Waals surface area contributed by atoms with E-state index in [0.717, 1.165) is 20.5 Å². The molecule has 0 aliphatic heterocycles. The van der Waals surface area contributed by atoms with Crippen molar-refractivity contribution in [1.29, 1.82) is 0 Å². The zero-order valence-electron chi connectivity index (χ0n) is 12.7. The quantitative estimate of drug-likeness (QED) is 0.905. The van der Waals surface area contributed by atoms with Crippen LogP contribution in [0.2, 0.25) is 0 Å². The predicted octanol–water partition coefficient (Wildman–Crippen LogP) is 1.96. The van der Waals surface area contributed by atoms with Gasteiger partial charge in [0.1, 0.15) is 0 Å². The highest BCUT2D eigenvalue weighted by atomic mass is 32.2. The van der Waals surface area contributed by atoms with Gasteiger partial charge in [0.05, 0.1) is 31.9 Å². The standard InChI is InChI=1S/C13H18N2O6S/c1-5-9-10(14-22(4,18)19)7-6-8-11(9)15(12(16)20-2)13(17)21-3/h6-8,14H,5H2,1-4H3. The summed E-state index contributed by atoms with van der Waals surface area (Å²) in [5, 5.41) is 0. The number of nitrogens with zero attached hydrogens (tertiary/aromatic N) is 1. The molecule has 0 unspecified atom stereocenters. The maximum Gasteiger partial charge on any atom is 0.423 e. The van der Waals surface area contributed by atoms with Gasteiger partial charge in [0.25, 0.3) is 0 Å². The molecule has 1 aromatic rings. The van der Waals surface area contributed by atoms with E-state index in [9.17, 15) is 18.0 Å². The summed E-state index contributed by atoms with van der Waals surface area (Å²) >= 11 is 0. The second-order valence-corrected chi connectivity index (χ2v) is 6.05. The van der Waals surface area contributed by atoms with E-state index >= 15 is 0 Å². The fourth-order valence-electron chi connectivity index (χ4n) is 1.90. The lowest BCUT2D eigenvalue weighted by molar-refractivity contribution is 0.159. The first kappa shape index (κ1) is 17.8. The van der Waals surface area contributed by atoms with E-state index in [1.165, 1.54) is 18.2 Å². The summed E-state index contributed by atoms with van der Waals surface area (Å²) < 4.78 is 34.4. The van der Waals surface area contributed by atoms with E-state index < -0.39 is 22.2 Å². The molecule has 1 N–H and O–H groups in total.